The Bertz CT molecular complexity index is 508. The Labute approximate surface area is 106 Å². The molecule has 1 N–H and O–H groups in total. The summed E-state index contributed by atoms with van der Waals surface area (Å²) in [7, 11) is 0. The second-order valence-electron chi connectivity index (χ2n) is 4.40. The quantitative estimate of drug-likeness (QED) is 0.909. The summed E-state index contributed by atoms with van der Waals surface area (Å²) in [6, 6.07) is 4.02. The van der Waals surface area contributed by atoms with Crippen LogP contribution < -0.4 is 5.32 Å². The van der Waals surface area contributed by atoms with Gasteiger partial charge in [-0.05, 0) is 25.0 Å². The normalized spacial score (nSPS) is 14.8. The number of rotatable bonds is 4. The van der Waals surface area contributed by atoms with Gasteiger partial charge in [0.15, 0.2) is 5.65 Å². The Hall–Kier alpha value is -1.29. The molecule has 2 heterocycles. The van der Waals surface area contributed by atoms with Gasteiger partial charge in [0, 0.05) is 12.2 Å². The van der Waals surface area contributed by atoms with Gasteiger partial charge in [-0.2, -0.15) is 4.98 Å². The van der Waals surface area contributed by atoms with Crippen LogP contribution in [0.2, 0.25) is 5.02 Å². The molecule has 0 radical (unpaired) electrons. The maximum absolute atomic E-state index is 5.90. The number of nitrogens with zero attached hydrogens (tertiary/aromatic N) is 3. The maximum atomic E-state index is 5.90. The monoisotopic (exact) mass is 252 g/mol. The second kappa shape index (κ2) is 4.92. The molecule has 17 heavy (non-hydrogen) atoms. The van der Waals surface area contributed by atoms with E-state index >= 15 is 0 Å². The molecule has 92 valence electrons. The molecular formula is C12H17ClN4. The molecule has 2 atom stereocenters. The number of halogens is 1. The molecule has 0 spiro atoms. The van der Waals surface area contributed by atoms with E-state index in [9.17, 15) is 0 Å². The van der Waals surface area contributed by atoms with Crippen LogP contribution in [0.4, 0.5) is 5.95 Å². The van der Waals surface area contributed by atoms with Crippen LogP contribution in [-0.4, -0.2) is 20.6 Å². The van der Waals surface area contributed by atoms with Gasteiger partial charge in [0.05, 0.1) is 5.02 Å². The van der Waals surface area contributed by atoms with Crippen molar-refractivity contribution >= 4 is 23.2 Å². The summed E-state index contributed by atoms with van der Waals surface area (Å²) >= 11 is 5.90. The van der Waals surface area contributed by atoms with Gasteiger partial charge in [-0.1, -0.05) is 31.9 Å². The summed E-state index contributed by atoms with van der Waals surface area (Å²) in [5.41, 5.74) is 0.799. The summed E-state index contributed by atoms with van der Waals surface area (Å²) < 4.78 is 1.69. The van der Waals surface area contributed by atoms with E-state index in [-0.39, 0.29) is 0 Å². The van der Waals surface area contributed by atoms with Gasteiger partial charge < -0.3 is 5.32 Å². The Morgan fingerprint density at radius 3 is 2.88 bits per heavy atom. The summed E-state index contributed by atoms with van der Waals surface area (Å²) in [4.78, 5) is 4.39. The van der Waals surface area contributed by atoms with Crippen molar-refractivity contribution in [1.82, 2.24) is 14.6 Å². The average molecular weight is 253 g/mol. The molecule has 5 heteroatoms. The van der Waals surface area contributed by atoms with E-state index in [0.29, 0.717) is 22.9 Å². The van der Waals surface area contributed by atoms with Crippen molar-refractivity contribution in [2.75, 3.05) is 5.32 Å². The van der Waals surface area contributed by atoms with Crippen molar-refractivity contribution in [1.29, 1.82) is 0 Å². The fraction of sp³-hybridized carbons (Fsp3) is 0.500. The first-order valence-electron chi connectivity index (χ1n) is 5.88. The van der Waals surface area contributed by atoms with Crippen molar-refractivity contribution in [3.8, 4) is 0 Å². The molecule has 0 saturated carbocycles. The van der Waals surface area contributed by atoms with Crippen molar-refractivity contribution in [3.63, 3.8) is 0 Å². The summed E-state index contributed by atoms with van der Waals surface area (Å²) in [6.07, 6.45) is 2.89. The molecule has 0 aliphatic carbocycles. The van der Waals surface area contributed by atoms with E-state index in [4.69, 9.17) is 11.6 Å². The molecule has 0 saturated heterocycles. The number of nitrogens with one attached hydrogen (secondary N) is 1. The predicted octanol–water partition coefficient (Wildman–Crippen LogP) is 3.23. The Balaban J connectivity index is 2.19. The highest BCUT2D eigenvalue weighted by Crippen LogP contribution is 2.14. The highest BCUT2D eigenvalue weighted by Gasteiger charge is 2.12. The third-order valence-electron chi connectivity index (χ3n) is 3.15. The molecule has 2 rings (SSSR count). The smallest absolute Gasteiger partial charge is 0.243 e. The van der Waals surface area contributed by atoms with Crippen LogP contribution in [-0.2, 0) is 0 Å². The maximum Gasteiger partial charge on any atom is 0.243 e. The number of fused-ring (bicyclic) bond motifs is 1. The summed E-state index contributed by atoms with van der Waals surface area (Å²) in [5.74, 6) is 1.24. The Morgan fingerprint density at radius 2 is 2.18 bits per heavy atom. The van der Waals surface area contributed by atoms with E-state index in [1.165, 1.54) is 0 Å². The minimum atomic E-state index is 0.355. The molecule has 0 fully saturated rings. The van der Waals surface area contributed by atoms with Gasteiger partial charge in [0.2, 0.25) is 5.95 Å². The minimum Gasteiger partial charge on any atom is -0.350 e. The van der Waals surface area contributed by atoms with E-state index in [1.807, 2.05) is 12.1 Å². The highest BCUT2D eigenvalue weighted by atomic mass is 35.5. The minimum absolute atomic E-state index is 0.355. The Morgan fingerprint density at radius 1 is 1.41 bits per heavy atom. The highest BCUT2D eigenvalue weighted by molar-refractivity contribution is 6.30. The van der Waals surface area contributed by atoms with Crippen LogP contribution in [0.1, 0.15) is 27.2 Å². The van der Waals surface area contributed by atoms with E-state index < -0.39 is 0 Å². The van der Waals surface area contributed by atoms with Gasteiger partial charge in [0.1, 0.15) is 0 Å². The zero-order chi connectivity index (χ0) is 12.4. The molecule has 0 bridgehead atoms. The molecule has 0 aliphatic rings. The third kappa shape index (κ3) is 2.69. The summed E-state index contributed by atoms with van der Waals surface area (Å²) in [5, 5.41) is 8.31. The zero-order valence-electron chi connectivity index (χ0n) is 10.3. The number of pyridine rings is 1. The first kappa shape index (κ1) is 12.2. The van der Waals surface area contributed by atoms with Gasteiger partial charge in [0.25, 0.3) is 0 Å². The fourth-order valence-corrected chi connectivity index (χ4v) is 1.77. The van der Waals surface area contributed by atoms with E-state index in [2.05, 4.69) is 36.2 Å². The average Bonchev–Trinajstić information content (AvgIpc) is 2.69. The third-order valence-corrected chi connectivity index (χ3v) is 3.37. The van der Waals surface area contributed by atoms with Crippen LogP contribution in [0.25, 0.3) is 5.65 Å². The molecule has 0 aromatic carbocycles. The largest absolute Gasteiger partial charge is 0.350 e. The van der Waals surface area contributed by atoms with Crippen LogP contribution in [0, 0.1) is 5.92 Å². The topological polar surface area (TPSA) is 42.2 Å². The first-order chi connectivity index (χ1) is 8.10. The lowest BCUT2D eigenvalue weighted by Gasteiger charge is -2.18. The second-order valence-corrected chi connectivity index (χ2v) is 4.84. The number of hydrogen-bond acceptors (Lipinski definition) is 3. The first-order valence-corrected chi connectivity index (χ1v) is 6.26. The van der Waals surface area contributed by atoms with Gasteiger partial charge in [-0.3, -0.25) is 0 Å². The van der Waals surface area contributed by atoms with Crippen LogP contribution in [0.15, 0.2) is 18.3 Å². The molecule has 2 aromatic rings. The number of anilines is 1. The van der Waals surface area contributed by atoms with Crippen molar-refractivity contribution in [3.05, 3.63) is 23.4 Å². The molecule has 2 unspecified atom stereocenters. The predicted molar refractivity (Wildman–Crippen MR) is 70.5 cm³/mol. The van der Waals surface area contributed by atoms with Crippen molar-refractivity contribution in [2.24, 2.45) is 5.92 Å². The fourth-order valence-electron chi connectivity index (χ4n) is 1.62. The molecule has 2 aromatic heterocycles. The van der Waals surface area contributed by atoms with Gasteiger partial charge >= 0.3 is 0 Å². The zero-order valence-corrected chi connectivity index (χ0v) is 11.1. The standard InChI is InChI=1S/C12H17ClN4/c1-4-8(2)9(3)14-12-15-11-6-5-10(13)7-17(11)16-12/h5-9H,4H2,1-3H3,(H,14,16). The van der Waals surface area contributed by atoms with Crippen molar-refractivity contribution < 1.29 is 0 Å². The molecular weight excluding hydrogens is 236 g/mol. The van der Waals surface area contributed by atoms with Crippen LogP contribution >= 0.6 is 11.6 Å². The van der Waals surface area contributed by atoms with E-state index in [1.54, 1.807) is 10.7 Å². The van der Waals surface area contributed by atoms with Crippen LogP contribution in [0.5, 0.6) is 0 Å². The molecule has 0 amide bonds. The van der Waals surface area contributed by atoms with Gasteiger partial charge in [-0.25, -0.2) is 4.52 Å². The molecule has 4 nitrogen and oxygen atoms in total. The number of hydrogen-bond donors (Lipinski definition) is 1. The SMILES string of the molecule is CCC(C)C(C)Nc1nc2ccc(Cl)cn2n1. The van der Waals surface area contributed by atoms with Crippen LogP contribution in [0.3, 0.4) is 0 Å². The Kier molecular flexibility index (Phi) is 3.52. The molecule has 0 aliphatic heterocycles. The number of aromatic nitrogens is 3. The van der Waals surface area contributed by atoms with E-state index in [0.717, 1.165) is 12.1 Å². The van der Waals surface area contributed by atoms with Gasteiger partial charge in [-0.15, -0.1) is 5.10 Å². The van der Waals surface area contributed by atoms with Crippen molar-refractivity contribution in [2.45, 2.75) is 33.2 Å². The summed E-state index contributed by atoms with van der Waals surface area (Å²) in [6.45, 7) is 6.54. The lowest BCUT2D eigenvalue weighted by atomic mass is 10.0. The lowest BCUT2D eigenvalue weighted by molar-refractivity contribution is 0.492. The lowest BCUT2D eigenvalue weighted by Crippen LogP contribution is -2.23.